The van der Waals surface area contributed by atoms with Crippen LogP contribution in [0.4, 0.5) is 0 Å². The van der Waals surface area contributed by atoms with Crippen LogP contribution in [0, 0.1) is 56.2 Å². The Morgan fingerprint density at radius 3 is 2.19 bits per heavy atom. The van der Waals surface area contributed by atoms with Crippen LogP contribution in [0.5, 0.6) is 0 Å². The van der Waals surface area contributed by atoms with Gasteiger partial charge < -0.3 is 20.5 Å². The lowest BCUT2D eigenvalue weighted by Crippen LogP contribution is -2.77. The van der Waals surface area contributed by atoms with E-state index in [2.05, 4.69) is 57.9 Å². The molecule has 7 rings (SSSR count). The average Bonchev–Trinajstić information content (AvgIpc) is 3.85. The predicted octanol–water partition coefficient (Wildman–Crippen LogP) is 8.22. The summed E-state index contributed by atoms with van der Waals surface area (Å²) in [5.41, 5.74) is 7.11. The molecule has 2 unspecified atom stereocenters. The number of fused-ring (bicyclic) bond motifs is 7. The van der Waals surface area contributed by atoms with Gasteiger partial charge in [0.05, 0.1) is 11.8 Å². The maximum absolute atomic E-state index is 14.3. The molecule has 5 saturated carbocycles. The average molecular weight is 736 g/mol. The maximum Gasteiger partial charge on any atom is 0.309 e. The highest BCUT2D eigenvalue weighted by molar-refractivity contribution is 5.81. The van der Waals surface area contributed by atoms with Crippen molar-refractivity contribution in [3.8, 4) is 0 Å². The highest BCUT2D eigenvalue weighted by Gasteiger charge is 2.74. The van der Waals surface area contributed by atoms with Crippen molar-refractivity contribution in [2.75, 3.05) is 26.2 Å². The van der Waals surface area contributed by atoms with E-state index in [1.165, 1.54) is 44.3 Å². The fraction of sp³-hybridized carbons (Fsp3) is 0.889. The molecule has 5 aliphatic carbocycles. The van der Waals surface area contributed by atoms with E-state index in [0.717, 1.165) is 70.9 Å². The number of hydrogen-bond donors (Lipinski definition) is 2. The van der Waals surface area contributed by atoms with E-state index in [1.807, 2.05) is 0 Å². The van der Waals surface area contributed by atoms with E-state index in [4.69, 9.17) is 10.5 Å². The highest BCUT2D eigenvalue weighted by Crippen LogP contribution is 2.78. The van der Waals surface area contributed by atoms with Crippen LogP contribution in [0.2, 0.25) is 0 Å². The number of nitrogens with two attached hydrogens (primary N) is 1. The third-order valence-corrected chi connectivity index (χ3v) is 18.8. The zero-order chi connectivity index (χ0) is 38.6. The number of nitrogens with zero attached hydrogens (tertiary/aromatic N) is 2. The van der Waals surface area contributed by atoms with Gasteiger partial charge >= 0.3 is 11.9 Å². The van der Waals surface area contributed by atoms with Gasteiger partial charge in [-0.15, -0.1) is 0 Å². The van der Waals surface area contributed by atoms with Crippen molar-refractivity contribution in [3.05, 3.63) is 12.2 Å². The van der Waals surface area contributed by atoms with Crippen molar-refractivity contribution < 1.29 is 24.2 Å². The van der Waals surface area contributed by atoms with E-state index in [0.29, 0.717) is 42.0 Å². The van der Waals surface area contributed by atoms with E-state index < -0.39 is 28.3 Å². The molecule has 0 radical (unpaired) electrons. The number of ether oxygens (including phenoxy) is 1. The Morgan fingerprint density at radius 2 is 1.53 bits per heavy atom. The third-order valence-electron chi connectivity index (χ3n) is 18.8. The quantitative estimate of drug-likeness (QED) is 0.191. The first-order valence-electron chi connectivity index (χ1n) is 21.5. The van der Waals surface area contributed by atoms with Crippen LogP contribution in [0.3, 0.4) is 0 Å². The first-order valence-corrected chi connectivity index (χ1v) is 21.5. The number of esters is 1. The predicted molar refractivity (Wildman–Crippen MR) is 209 cm³/mol. The van der Waals surface area contributed by atoms with Gasteiger partial charge in [0.1, 0.15) is 6.10 Å². The van der Waals surface area contributed by atoms with Crippen LogP contribution >= 0.6 is 0 Å². The van der Waals surface area contributed by atoms with E-state index in [-0.39, 0.29) is 34.2 Å². The summed E-state index contributed by atoms with van der Waals surface area (Å²) >= 11 is 0. The minimum atomic E-state index is -1.18. The SMILES string of the molecule is C=C(C)[C@@H]1CC[C@]2(CC(=O)N3CC[C@H](N4CCCC4)C3)CC[C@]3(C)[C@H](CC[C@H]4C3(C)CC[C@@]3(N)C(C)(C)C(OC(=O)CC(C)(C)C(=O)O)CC[C@]43C)[C@@H]12. The van der Waals surface area contributed by atoms with Crippen molar-refractivity contribution in [1.82, 2.24) is 9.80 Å². The molecular weight excluding hydrogens is 663 g/mol. The molecular formula is C45H73N3O5. The highest BCUT2D eigenvalue weighted by atomic mass is 16.5. The number of aliphatic carboxylic acids is 1. The topological polar surface area (TPSA) is 113 Å². The smallest absolute Gasteiger partial charge is 0.309 e. The number of amides is 1. The molecule has 11 atom stereocenters. The van der Waals surface area contributed by atoms with Gasteiger partial charge in [-0.25, -0.2) is 0 Å². The molecule has 3 N–H and O–H groups in total. The number of carboxylic acid groups (broad SMARTS) is 1. The van der Waals surface area contributed by atoms with Crippen molar-refractivity contribution in [2.24, 2.45) is 61.9 Å². The van der Waals surface area contributed by atoms with Gasteiger partial charge in [-0.1, -0.05) is 46.8 Å². The molecule has 53 heavy (non-hydrogen) atoms. The molecule has 1 amide bonds. The lowest BCUT2D eigenvalue weighted by molar-refractivity contribution is -0.257. The number of carbonyl (C=O) groups is 3. The molecule has 8 nitrogen and oxygen atoms in total. The summed E-state index contributed by atoms with van der Waals surface area (Å²) in [7, 11) is 0. The van der Waals surface area contributed by atoms with Crippen molar-refractivity contribution in [3.63, 3.8) is 0 Å². The Balaban J connectivity index is 1.12. The number of hydrogen-bond acceptors (Lipinski definition) is 6. The molecule has 0 aromatic carbocycles. The Bertz CT molecular complexity index is 1500. The second-order valence-electron chi connectivity index (χ2n) is 21.6. The van der Waals surface area contributed by atoms with Gasteiger partial charge in [-0.3, -0.25) is 19.3 Å². The monoisotopic (exact) mass is 736 g/mol. The van der Waals surface area contributed by atoms with E-state index in [1.54, 1.807) is 13.8 Å². The number of carbonyl (C=O) groups excluding carboxylic acids is 2. The summed E-state index contributed by atoms with van der Waals surface area (Å²) < 4.78 is 6.19. The molecule has 7 fully saturated rings. The van der Waals surface area contributed by atoms with Gasteiger partial charge in [0.15, 0.2) is 0 Å². The molecule has 8 heteroatoms. The van der Waals surface area contributed by atoms with E-state index in [9.17, 15) is 19.5 Å². The first-order chi connectivity index (χ1) is 24.7. The Labute approximate surface area is 320 Å². The van der Waals surface area contributed by atoms with Gasteiger partial charge in [-0.2, -0.15) is 0 Å². The summed E-state index contributed by atoms with van der Waals surface area (Å²) in [6.07, 6.45) is 14.4. The number of carboxylic acids is 1. The lowest BCUT2D eigenvalue weighted by Gasteiger charge is -2.75. The summed E-state index contributed by atoms with van der Waals surface area (Å²) in [6, 6.07) is 0.546. The lowest BCUT2D eigenvalue weighted by atomic mass is 9.30. The van der Waals surface area contributed by atoms with Gasteiger partial charge in [0, 0.05) is 36.5 Å². The summed E-state index contributed by atoms with van der Waals surface area (Å²) in [6.45, 7) is 26.4. The second kappa shape index (κ2) is 13.1. The summed E-state index contributed by atoms with van der Waals surface area (Å²) in [5, 5.41) is 9.65. The Kier molecular flexibility index (Phi) is 9.69. The molecule has 0 spiro atoms. The van der Waals surface area contributed by atoms with Crippen LogP contribution in [-0.4, -0.2) is 76.6 Å². The standard InChI is InChI=1S/C45H73N3O5/c1-29(2)31-14-18-44(26-35(49)48-25-16-30(28-48)47-23-10-11-24-47)21-19-41(7)32(37(31)44)12-13-33-42(41,8)20-22-45(46)40(5,6)34(15-17-43(33,45)9)53-36(50)27-39(3,4)38(51)52/h30-34,37H,1,10-28,46H2,2-9H3,(H,51,52)/t30-,31-,32+,33-,34?,37+,41+,42?,43+,44+,45+/m0/s1. The second-order valence-corrected chi connectivity index (χ2v) is 21.6. The molecule has 0 aromatic heterocycles. The van der Waals surface area contributed by atoms with E-state index >= 15 is 0 Å². The van der Waals surface area contributed by atoms with Gasteiger partial charge in [0.25, 0.3) is 0 Å². The zero-order valence-electron chi connectivity index (χ0n) is 34.7. The van der Waals surface area contributed by atoms with Crippen molar-refractivity contribution in [2.45, 2.75) is 169 Å². The fourth-order valence-electron chi connectivity index (χ4n) is 15.1. The largest absolute Gasteiger partial charge is 0.481 e. The number of rotatable bonds is 8. The molecule has 7 aliphatic rings. The summed E-state index contributed by atoms with van der Waals surface area (Å²) in [4.78, 5) is 44.2. The summed E-state index contributed by atoms with van der Waals surface area (Å²) in [5.74, 6) is 0.951. The van der Waals surface area contributed by atoms with Crippen LogP contribution in [0.25, 0.3) is 0 Å². The van der Waals surface area contributed by atoms with Crippen molar-refractivity contribution >= 4 is 17.8 Å². The minimum absolute atomic E-state index is 0.0646. The van der Waals surface area contributed by atoms with Gasteiger partial charge in [0.2, 0.25) is 5.91 Å². The number of allylic oxidation sites excluding steroid dienone is 1. The van der Waals surface area contributed by atoms with Crippen LogP contribution in [-0.2, 0) is 19.1 Å². The van der Waals surface area contributed by atoms with Gasteiger partial charge in [-0.05, 0) is 163 Å². The molecule has 298 valence electrons. The molecule has 2 heterocycles. The molecule has 0 aromatic rings. The zero-order valence-corrected chi connectivity index (χ0v) is 34.7. The maximum atomic E-state index is 14.3. The van der Waals surface area contributed by atoms with Crippen LogP contribution in [0.1, 0.15) is 152 Å². The number of likely N-dealkylation sites (tertiary alicyclic amines) is 2. The fourth-order valence-corrected chi connectivity index (χ4v) is 15.1. The first kappa shape index (κ1) is 39.3. The van der Waals surface area contributed by atoms with Crippen LogP contribution in [0.15, 0.2) is 12.2 Å². The minimum Gasteiger partial charge on any atom is -0.481 e. The van der Waals surface area contributed by atoms with Crippen LogP contribution < -0.4 is 5.73 Å². The molecule has 2 aliphatic heterocycles. The third kappa shape index (κ3) is 5.73. The normalized spacial score (nSPS) is 45.1. The van der Waals surface area contributed by atoms with Crippen molar-refractivity contribution in [1.29, 1.82) is 0 Å². The Morgan fingerprint density at radius 1 is 0.849 bits per heavy atom. The molecule has 2 saturated heterocycles. The molecule has 0 bridgehead atoms. The Hall–Kier alpha value is -1.93.